The molecule has 0 aromatic heterocycles. The van der Waals surface area contributed by atoms with Gasteiger partial charge in [-0.1, -0.05) is 0 Å². The second-order valence-corrected chi connectivity index (χ2v) is 17.9. The summed E-state index contributed by atoms with van der Waals surface area (Å²) in [5.74, 6) is 5.82. The number of rotatable bonds is 8. The molecule has 1 heteroatoms. The van der Waals surface area contributed by atoms with Crippen LogP contribution < -0.4 is 0 Å². The van der Waals surface area contributed by atoms with Crippen molar-refractivity contribution < 1.29 is 0 Å². The Balaban J connectivity index is 4.43. The minimum absolute atomic E-state index is 1.05. The van der Waals surface area contributed by atoms with Gasteiger partial charge < -0.3 is 0 Å². The summed E-state index contributed by atoms with van der Waals surface area (Å²) in [4.78, 5) is 0. The van der Waals surface area contributed by atoms with Crippen LogP contribution in [-0.4, -0.2) is 18.4 Å². The van der Waals surface area contributed by atoms with E-state index in [2.05, 4.69) is 25.7 Å². The molecule has 84 valence electrons. The fourth-order valence-electron chi connectivity index (χ4n) is 2.08. The van der Waals surface area contributed by atoms with Crippen LogP contribution in [0.25, 0.3) is 0 Å². The third-order valence-corrected chi connectivity index (χ3v) is 16.6. The van der Waals surface area contributed by atoms with Crippen molar-refractivity contribution in [2.45, 2.75) is 57.3 Å². The summed E-state index contributed by atoms with van der Waals surface area (Å²) in [6, 6.07) is 0. The van der Waals surface area contributed by atoms with Gasteiger partial charge >= 0.3 is 100 Å². The SMILES string of the molecule is C#C[CH2][Sn]([CH2]C#C)([CH2]CCC)[CH2]CCC. The van der Waals surface area contributed by atoms with Crippen molar-refractivity contribution in [3.05, 3.63) is 0 Å². The second kappa shape index (κ2) is 9.17. The number of unbranched alkanes of at least 4 members (excludes halogenated alkanes) is 2. The minimum atomic E-state index is -2.10. The summed E-state index contributed by atoms with van der Waals surface area (Å²) >= 11 is -2.10. The normalized spacial score (nSPS) is 10.7. The summed E-state index contributed by atoms with van der Waals surface area (Å²) in [5.41, 5.74) is 0. The number of terminal acetylenes is 2. The van der Waals surface area contributed by atoms with E-state index < -0.39 is 18.4 Å². The molecule has 0 aromatic carbocycles. The first-order chi connectivity index (χ1) is 7.24. The van der Waals surface area contributed by atoms with E-state index in [9.17, 15) is 0 Å². The van der Waals surface area contributed by atoms with Gasteiger partial charge in [-0.25, -0.2) is 0 Å². The summed E-state index contributed by atoms with van der Waals surface area (Å²) in [7, 11) is 0. The topological polar surface area (TPSA) is 0 Å². The van der Waals surface area contributed by atoms with E-state index in [1.807, 2.05) is 0 Å². The average Bonchev–Trinajstić information content (AvgIpc) is 2.24. The van der Waals surface area contributed by atoms with Gasteiger partial charge in [-0.05, 0) is 0 Å². The Morgan fingerprint density at radius 2 is 1.27 bits per heavy atom. The van der Waals surface area contributed by atoms with Gasteiger partial charge in [0.15, 0.2) is 0 Å². The number of hydrogen-bond donors (Lipinski definition) is 0. The second-order valence-electron chi connectivity index (χ2n) is 4.47. The zero-order valence-corrected chi connectivity index (χ0v) is 13.2. The van der Waals surface area contributed by atoms with Crippen LogP contribution >= 0.6 is 0 Å². The van der Waals surface area contributed by atoms with E-state index in [0.29, 0.717) is 0 Å². The molecule has 0 bridgehead atoms. The molecule has 0 spiro atoms. The Bertz CT molecular complexity index is 203. The van der Waals surface area contributed by atoms with Crippen LogP contribution in [0.1, 0.15) is 39.5 Å². The van der Waals surface area contributed by atoms with Gasteiger partial charge in [-0.2, -0.15) is 0 Å². The zero-order valence-electron chi connectivity index (χ0n) is 10.3. The van der Waals surface area contributed by atoms with Crippen LogP contribution in [0, 0.1) is 24.7 Å². The molecule has 0 heterocycles. The molecule has 0 amide bonds. The van der Waals surface area contributed by atoms with E-state index in [-0.39, 0.29) is 0 Å². The van der Waals surface area contributed by atoms with Gasteiger partial charge in [0.1, 0.15) is 0 Å². The molecule has 0 aliphatic heterocycles. The summed E-state index contributed by atoms with van der Waals surface area (Å²) in [6.07, 6.45) is 16.3. The van der Waals surface area contributed by atoms with Crippen molar-refractivity contribution in [3.8, 4) is 24.7 Å². The monoisotopic (exact) mass is 312 g/mol. The van der Waals surface area contributed by atoms with Crippen molar-refractivity contribution in [3.63, 3.8) is 0 Å². The molecule has 0 radical (unpaired) electrons. The van der Waals surface area contributed by atoms with Gasteiger partial charge in [0.05, 0.1) is 0 Å². The third-order valence-electron chi connectivity index (χ3n) is 3.08. The quantitative estimate of drug-likeness (QED) is 0.463. The molecule has 0 saturated carbocycles. The predicted molar refractivity (Wildman–Crippen MR) is 72.5 cm³/mol. The molecule has 0 aliphatic carbocycles. The van der Waals surface area contributed by atoms with E-state index in [1.54, 1.807) is 0 Å². The first kappa shape index (κ1) is 14.9. The van der Waals surface area contributed by atoms with Crippen LogP contribution in [0.3, 0.4) is 0 Å². The molecule has 0 nitrogen and oxygen atoms in total. The maximum atomic E-state index is 5.52. The van der Waals surface area contributed by atoms with Crippen LogP contribution in [0.15, 0.2) is 0 Å². The summed E-state index contributed by atoms with van der Waals surface area (Å²) < 4.78 is 4.91. The fraction of sp³-hybridized carbons (Fsp3) is 0.714. The van der Waals surface area contributed by atoms with Crippen LogP contribution in [0.4, 0.5) is 0 Å². The first-order valence-corrected chi connectivity index (χ1v) is 14.2. The van der Waals surface area contributed by atoms with Gasteiger partial charge in [0.25, 0.3) is 0 Å². The van der Waals surface area contributed by atoms with Gasteiger partial charge in [0.2, 0.25) is 0 Å². The van der Waals surface area contributed by atoms with Crippen molar-refractivity contribution in [2.24, 2.45) is 0 Å². The Morgan fingerprint density at radius 3 is 1.53 bits per heavy atom. The molecule has 0 aromatic rings. The van der Waals surface area contributed by atoms with Crippen LogP contribution in [-0.2, 0) is 0 Å². The maximum absolute atomic E-state index is 5.52. The van der Waals surface area contributed by atoms with Crippen molar-refractivity contribution in [1.29, 1.82) is 0 Å². The van der Waals surface area contributed by atoms with Gasteiger partial charge in [-0.15, -0.1) is 0 Å². The Labute approximate surface area is 100 Å². The molecule has 15 heavy (non-hydrogen) atoms. The predicted octanol–water partition coefficient (Wildman–Crippen LogP) is 4.30. The van der Waals surface area contributed by atoms with Gasteiger partial charge in [-0.3, -0.25) is 0 Å². The molecule has 0 unspecified atom stereocenters. The van der Waals surface area contributed by atoms with E-state index >= 15 is 0 Å². The van der Waals surface area contributed by atoms with Gasteiger partial charge in [0, 0.05) is 0 Å². The van der Waals surface area contributed by atoms with Crippen LogP contribution in [0.5, 0.6) is 0 Å². The fourth-order valence-corrected chi connectivity index (χ4v) is 13.9. The molecule has 0 rings (SSSR count). The molecular formula is C14H24Sn. The molecular weight excluding hydrogens is 287 g/mol. The van der Waals surface area contributed by atoms with E-state index in [1.165, 1.54) is 34.6 Å². The molecule has 0 N–H and O–H groups in total. The zero-order chi connectivity index (χ0) is 11.6. The standard InChI is InChI=1S/2C4H9.2C3H3.Sn/c2*1-3-4-2;2*1-3-2;/h2*1,3-4H2,2H3;2*1H,2H2;. The molecule has 0 atom stereocenters. The molecule has 0 aliphatic rings. The van der Waals surface area contributed by atoms with Crippen molar-refractivity contribution >= 4 is 18.4 Å². The summed E-state index contributed by atoms with van der Waals surface area (Å²) in [6.45, 7) is 4.50. The third kappa shape index (κ3) is 6.16. The van der Waals surface area contributed by atoms with Crippen LogP contribution in [0.2, 0.25) is 17.7 Å². The van der Waals surface area contributed by atoms with E-state index in [4.69, 9.17) is 12.8 Å². The Kier molecular flexibility index (Phi) is 9.12. The average molecular weight is 311 g/mol. The summed E-state index contributed by atoms with van der Waals surface area (Å²) in [5, 5.41) is 0. The Hall–Kier alpha value is -0.0813. The number of hydrogen-bond acceptors (Lipinski definition) is 0. The van der Waals surface area contributed by atoms with Crippen molar-refractivity contribution in [1.82, 2.24) is 0 Å². The molecule has 0 fully saturated rings. The van der Waals surface area contributed by atoms with Crippen molar-refractivity contribution in [2.75, 3.05) is 0 Å². The first-order valence-electron chi connectivity index (χ1n) is 6.11. The Morgan fingerprint density at radius 1 is 0.867 bits per heavy atom. The molecule has 0 saturated heterocycles. The van der Waals surface area contributed by atoms with E-state index in [0.717, 1.165) is 8.87 Å².